The predicted molar refractivity (Wildman–Crippen MR) is 69.6 cm³/mol. The number of carboxylic acid groups (broad SMARTS) is 1. The summed E-state index contributed by atoms with van der Waals surface area (Å²) in [5.41, 5.74) is 3.05. The van der Waals surface area contributed by atoms with Gasteiger partial charge in [-0.1, -0.05) is 6.07 Å². The number of alkyl halides is 1. The quantitative estimate of drug-likeness (QED) is 0.868. The number of carbonyl (C=O) groups is 2. The van der Waals surface area contributed by atoms with Gasteiger partial charge in [0.1, 0.15) is 12.4 Å². The smallest absolute Gasteiger partial charge is 0.328 e. The first-order valence-electron chi connectivity index (χ1n) is 6.28. The van der Waals surface area contributed by atoms with Crippen LogP contribution in [0.5, 0.6) is 5.75 Å². The molecule has 1 aliphatic rings. The van der Waals surface area contributed by atoms with E-state index in [1.54, 1.807) is 0 Å². The van der Waals surface area contributed by atoms with E-state index >= 15 is 0 Å². The number of carbonyl (C=O) groups excluding carboxylic acids is 1. The van der Waals surface area contributed by atoms with Gasteiger partial charge < -0.3 is 15.2 Å². The first-order valence-corrected chi connectivity index (χ1v) is 6.28. The van der Waals surface area contributed by atoms with Crippen LogP contribution in [0.15, 0.2) is 12.1 Å². The van der Waals surface area contributed by atoms with Crippen molar-refractivity contribution in [2.75, 3.05) is 6.67 Å². The summed E-state index contributed by atoms with van der Waals surface area (Å²) < 4.78 is 18.0. The van der Waals surface area contributed by atoms with Crippen molar-refractivity contribution >= 4 is 11.9 Å². The summed E-state index contributed by atoms with van der Waals surface area (Å²) in [6.07, 6.45) is -0.444. The van der Waals surface area contributed by atoms with E-state index in [4.69, 9.17) is 9.84 Å². The van der Waals surface area contributed by atoms with Crippen LogP contribution in [0.1, 0.15) is 16.7 Å². The molecule has 0 radical (unpaired) electrons. The molecule has 2 atom stereocenters. The van der Waals surface area contributed by atoms with E-state index in [0.29, 0.717) is 12.2 Å². The third kappa shape index (κ3) is 2.74. The molecule has 0 saturated heterocycles. The highest BCUT2D eigenvalue weighted by Crippen LogP contribution is 2.31. The van der Waals surface area contributed by atoms with Crippen molar-refractivity contribution in [2.45, 2.75) is 32.4 Å². The van der Waals surface area contributed by atoms with Gasteiger partial charge in [-0.25, -0.2) is 9.18 Å². The Morgan fingerprint density at radius 3 is 2.70 bits per heavy atom. The molecule has 20 heavy (non-hydrogen) atoms. The standard InChI is InChI=1S/C14H16FNO4/c1-7-3-9-5-12(20-11(9)4-8(7)2)13(17)16-10(6-15)14(18)19/h3-4,10,12H,5-6H2,1-2H3,(H,16,17)(H,18,19). The highest BCUT2D eigenvalue weighted by molar-refractivity contribution is 5.87. The molecule has 5 nitrogen and oxygen atoms in total. The molecule has 0 aliphatic carbocycles. The van der Waals surface area contributed by atoms with Gasteiger partial charge in [0.05, 0.1) is 0 Å². The van der Waals surface area contributed by atoms with Crippen molar-refractivity contribution in [3.63, 3.8) is 0 Å². The molecule has 1 aromatic rings. The molecular formula is C14H16FNO4. The number of nitrogens with one attached hydrogen (secondary N) is 1. The molecule has 0 fully saturated rings. The Bertz CT molecular complexity index is 527. The molecule has 2 rings (SSSR count). The van der Waals surface area contributed by atoms with E-state index in [1.165, 1.54) is 0 Å². The number of carboxylic acids is 1. The van der Waals surface area contributed by atoms with Crippen LogP contribution in [0, 0.1) is 13.8 Å². The van der Waals surface area contributed by atoms with E-state index in [2.05, 4.69) is 5.32 Å². The summed E-state index contributed by atoms with van der Waals surface area (Å²) in [6.45, 7) is 2.75. The first-order chi connectivity index (χ1) is 9.42. The summed E-state index contributed by atoms with van der Waals surface area (Å²) in [5.74, 6) is -1.38. The molecular weight excluding hydrogens is 265 g/mol. The number of hydrogen-bond donors (Lipinski definition) is 2. The van der Waals surface area contributed by atoms with Gasteiger partial charge in [0.2, 0.25) is 0 Å². The zero-order chi connectivity index (χ0) is 14.9. The average Bonchev–Trinajstić information content (AvgIpc) is 2.78. The number of ether oxygens (including phenoxy) is 1. The van der Waals surface area contributed by atoms with E-state index in [1.807, 2.05) is 26.0 Å². The van der Waals surface area contributed by atoms with E-state index in [-0.39, 0.29) is 0 Å². The largest absolute Gasteiger partial charge is 0.480 e. The van der Waals surface area contributed by atoms with Gasteiger partial charge >= 0.3 is 5.97 Å². The van der Waals surface area contributed by atoms with Crippen LogP contribution < -0.4 is 10.1 Å². The maximum atomic E-state index is 12.5. The van der Waals surface area contributed by atoms with Crippen molar-refractivity contribution in [1.82, 2.24) is 5.32 Å². The van der Waals surface area contributed by atoms with E-state index in [9.17, 15) is 14.0 Å². The van der Waals surface area contributed by atoms with Crippen molar-refractivity contribution in [2.24, 2.45) is 0 Å². The van der Waals surface area contributed by atoms with Crippen LogP contribution in [0.2, 0.25) is 0 Å². The van der Waals surface area contributed by atoms with Crippen LogP contribution in [-0.2, 0) is 16.0 Å². The third-order valence-electron chi connectivity index (χ3n) is 3.41. The first kappa shape index (κ1) is 14.3. The number of halogens is 1. The molecule has 0 bridgehead atoms. The molecule has 0 saturated carbocycles. The fourth-order valence-corrected chi connectivity index (χ4v) is 2.09. The molecule has 1 aliphatic heterocycles. The summed E-state index contributed by atoms with van der Waals surface area (Å²) in [5, 5.41) is 10.8. The number of aryl methyl sites for hydroxylation is 2. The lowest BCUT2D eigenvalue weighted by molar-refractivity contribution is -0.143. The van der Waals surface area contributed by atoms with Gasteiger partial charge in [-0.3, -0.25) is 4.79 Å². The van der Waals surface area contributed by atoms with Crippen LogP contribution >= 0.6 is 0 Å². The molecule has 6 heteroatoms. The Kier molecular flexibility index (Phi) is 3.92. The zero-order valence-electron chi connectivity index (χ0n) is 11.3. The molecule has 0 aromatic heterocycles. The minimum atomic E-state index is -1.53. The number of amides is 1. The minimum Gasteiger partial charge on any atom is -0.480 e. The van der Waals surface area contributed by atoms with Gasteiger partial charge in [0.15, 0.2) is 12.1 Å². The molecule has 1 heterocycles. The molecule has 1 aromatic carbocycles. The second kappa shape index (κ2) is 5.48. The van der Waals surface area contributed by atoms with Gasteiger partial charge in [0, 0.05) is 6.42 Å². The van der Waals surface area contributed by atoms with Crippen molar-refractivity contribution in [3.05, 3.63) is 28.8 Å². The predicted octanol–water partition coefficient (Wildman–Crippen LogP) is 1.15. The second-order valence-electron chi connectivity index (χ2n) is 4.91. The lowest BCUT2D eigenvalue weighted by atomic mass is 10.0. The second-order valence-corrected chi connectivity index (χ2v) is 4.91. The fourth-order valence-electron chi connectivity index (χ4n) is 2.09. The molecule has 2 unspecified atom stereocenters. The number of aliphatic carboxylic acids is 1. The van der Waals surface area contributed by atoms with Crippen LogP contribution in [0.3, 0.4) is 0 Å². The molecule has 108 valence electrons. The van der Waals surface area contributed by atoms with Crippen LogP contribution in [0.4, 0.5) is 4.39 Å². The minimum absolute atomic E-state index is 0.362. The molecule has 2 N–H and O–H groups in total. The third-order valence-corrected chi connectivity index (χ3v) is 3.41. The van der Waals surface area contributed by atoms with Gasteiger partial charge in [-0.2, -0.15) is 0 Å². The number of benzene rings is 1. The lowest BCUT2D eigenvalue weighted by Gasteiger charge is -2.14. The van der Waals surface area contributed by atoms with E-state index in [0.717, 1.165) is 16.7 Å². The Hall–Kier alpha value is -2.11. The van der Waals surface area contributed by atoms with Crippen LogP contribution in [-0.4, -0.2) is 35.8 Å². The van der Waals surface area contributed by atoms with Gasteiger partial charge in [-0.15, -0.1) is 0 Å². The highest BCUT2D eigenvalue weighted by Gasteiger charge is 2.32. The van der Waals surface area contributed by atoms with E-state index < -0.39 is 30.7 Å². The topological polar surface area (TPSA) is 75.6 Å². The number of fused-ring (bicyclic) bond motifs is 1. The maximum Gasteiger partial charge on any atom is 0.328 e. The zero-order valence-corrected chi connectivity index (χ0v) is 11.3. The Labute approximate surface area is 115 Å². The normalized spacial score (nSPS) is 18.1. The molecule has 0 spiro atoms. The summed E-state index contributed by atoms with van der Waals surface area (Å²) in [4.78, 5) is 22.6. The monoisotopic (exact) mass is 281 g/mol. The highest BCUT2D eigenvalue weighted by atomic mass is 19.1. The number of hydrogen-bond acceptors (Lipinski definition) is 3. The average molecular weight is 281 g/mol. The lowest BCUT2D eigenvalue weighted by Crippen LogP contribution is -2.47. The Balaban J connectivity index is 2.07. The van der Waals surface area contributed by atoms with Gasteiger partial charge in [-0.05, 0) is 36.6 Å². The van der Waals surface area contributed by atoms with Crippen molar-refractivity contribution in [1.29, 1.82) is 0 Å². The van der Waals surface area contributed by atoms with Gasteiger partial charge in [0.25, 0.3) is 5.91 Å². The summed E-state index contributed by atoms with van der Waals surface area (Å²) >= 11 is 0. The van der Waals surface area contributed by atoms with Crippen LogP contribution in [0.25, 0.3) is 0 Å². The number of rotatable bonds is 4. The fraction of sp³-hybridized carbons (Fsp3) is 0.429. The Morgan fingerprint density at radius 2 is 2.10 bits per heavy atom. The molecule has 1 amide bonds. The van der Waals surface area contributed by atoms with Crippen molar-refractivity contribution in [3.8, 4) is 5.75 Å². The van der Waals surface area contributed by atoms with Crippen molar-refractivity contribution < 1.29 is 23.8 Å². The Morgan fingerprint density at radius 1 is 1.45 bits per heavy atom. The maximum absolute atomic E-state index is 12.5. The SMILES string of the molecule is Cc1cc2c(cc1C)OC(C(=O)NC(CF)C(=O)O)C2. The summed E-state index contributed by atoms with van der Waals surface area (Å²) in [6, 6.07) is 2.27. The summed E-state index contributed by atoms with van der Waals surface area (Å²) in [7, 11) is 0.